The lowest BCUT2D eigenvalue weighted by atomic mass is 9.99. The van der Waals surface area contributed by atoms with Gasteiger partial charge in [0.2, 0.25) is 0 Å². The van der Waals surface area contributed by atoms with E-state index in [1.807, 2.05) is 0 Å². The van der Waals surface area contributed by atoms with Gasteiger partial charge in [-0.05, 0) is 31.7 Å². The Morgan fingerprint density at radius 2 is 1.89 bits per heavy atom. The summed E-state index contributed by atoms with van der Waals surface area (Å²) < 4.78 is 6.02. The highest BCUT2D eigenvalue weighted by Crippen LogP contribution is 2.23. The highest BCUT2D eigenvalue weighted by Gasteiger charge is 2.22. The second-order valence-corrected chi connectivity index (χ2v) is 5.98. The maximum atomic E-state index is 6.02. The van der Waals surface area contributed by atoms with Crippen LogP contribution in [-0.2, 0) is 4.74 Å². The van der Waals surface area contributed by atoms with Gasteiger partial charge >= 0.3 is 0 Å². The molecule has 1 aromatic rings. The standard InChI is InChI=1S/C16H25NO/c1-11(2)5-15-10-18-16(9-17-15)14-7-12(3)6-13(4)8-14/h6-8,11,15-17H,5,9-10H2,1-4H3. The summed E-state index contributed by atoms with van der Waals surface area (Å²) in [5, 5.41) is 3.61. The third-order valence-corrected chi connectivity index (χ3v) is 3.46. The van der Waals surface area contributed by atoms with Gasteiger partial charge in [-0.15, -0.1) is 0 Å². The molecule has 2 rings (SSSR count). The number of hydrogen-bond acceptors (Lipinski definition) is 2. The predicted molar refractivity (Wildman–Crippen MR) is 75.9 cm³/mol. The third-order valence-electron chi connectivity index (χ3n) is 3.46. The Labute approximate surface area is 111 Å². The lowest BCUT2D eigenvalue weighted by Crippen LogP contribution is -2.43. The maximum Gasteiger partial charge on any atom is 0.0950 e. The van der Waals surface area contributed by atoms with E-state index in [2.05, 4.69) is 51.2 Å². The van der Waals surface area contributed by atoms with Crippen LogP contribution in [0.1, 0.15) is 43.1 Å². The molecule has 0 radical (unpaired) electrons. The Morgan fingerprint density at radius 3 is 2.39 bits per heavy atom. The first-order chi connectivity index (χ1) is 8.54. The van der Waals surface area contributed by atoms with E-state index in [0.717, 1.165) is 19.1 Å². The summed E-state index contributed by atoms with van der Waals surface area (Å²) in [5.74, 6) is 0.726. The number of morpholine rings is 1. The monoisotopic (exact) mass is 247 g/mol. The molecule has 1 aliphatic heterocycles. The van der Waals surface area contributed by atoms with Gasteiger partial charge in [0.1, 0.15) is 0 Å². The van der Waals surface area contributed by atoms with Crippen LogP contribution < -0.4 is 5.32 Å². The first-order valence-electron chi connectivity index (χ1n) is 6.98. The number of ether oxygens (including phenoxy) is 1. The normalized spacial score (nSPS) is 24.5. The van der Waals surface area contributed by atoms with Gasteiger partial charge in [-0.3, -0.25) is 0 Å². The van der Waals surface area contributed by atoms with Crippen molar-refractivity contribution in [1.82, 2.24) is 5.32 Å². The van der Waals surface area contributed by atoms with Gasteiger partial charge in [0.15, 0.2) is 0 Å². The Balaban J connectivity index is 1.96. The summed E-state index contributed by atoms with van der Waals surface area (Å²) in [6, 6.07) is 7.21. The van der Waals surface area contributed by atoms with Gasteiger partial charge in [-0.1, -0.05) is 43.2 Å². The van der Waals surface area contributed by atoms with E-state index in [-0.39, 0.29) is 6.10 Å². The molecule has 1 saturated heterocycles. The van der Waals surface area contributed by atoms with Gasteiger partial charge in [0, 0.05) is 12.6 Å². The van der Waals surface area contributed by atoms with Crippen molar-refractivity contribution in [3.63, 3.8) is 0 Å². The second kappa shape index (κ2) is 5.85. The molecular formula is C16H25NO. The topological polar surface area (TPSA) is 21.3 Å². The number of benzene rings is 1. The summed E-state index contributed by atoms with van der Waals surface area (Å²) >= 11 is 0. The van der Waals surface area contributed by atoms with Gasteiger partial charge < -0.3 is 10.1 Å². The molecule has 0 aliphatic carbocycles. The van der Waals surface area contributed by atoms with Crippen LogP contribution in [0.4, 0.5) is 0 Å². The highest BCUT2D eigenvalue weighted by atomic mass is 16.5. The molecule has 2 heteroatoms. The molecular weight excluding hydrogens is 222 g/mol. The molecule has 0 aromatic heterocycles. The first kappa shape index (κ1) is 13.6. The minimum Gasteiger partial charge on any atom is -0.371 e. The Hall–Kier alpha value is -0.860. The van der Waals surface area contributed by atoms with Crippen molar-refractivity contribution in [2.45, 2.75) is 46.3 Å². The summed E-state index contributed by atoms with van der Waals surface area (Å²) in [7, 11) is 0. The molecule has 0 spiro atoms. The number of nitrogens with one attached hydrogen (secondary N) is 1. The summed E-state index contributed by atoms with van der Waals surface area (Å²) in [6.45, 7) is 10.6. The smallest absolute Gasteiger partial charge is 0.0950 e. The molecule has 18 heavy (non-hydrogen) atoms. The molecule has 100 valence electrons. The van der Waals surface area contributed by atoms with Crippen molar-refractivity contribution in [3.8, 4) is 0 Å². The van der Waals surface area contributed by atoms with Gasteiger partial charge in [0.25, 0.3) is 0 Å². The Kier molecular flexibility index (Phi) is 4.41. The summed E-state index contributed by atoms with van der Waals surface area (Å²) in [6.07, 6.45) is 1.41. The predicted octanol–water partition coefficient (Wildman–Crippen LogP) is 3.38. The molecule has 0 saturated carbocycles. The van der Waals surface area contributed by atoms with Crippen LogP contribution in [-0.4, -0.2) is 19.2 Å². The minimum absolute atomic E-state index is 0.215. The van der Waals surface area contributed by atoms with Gasteiger partial charge in [-0.2, -0.15) is 0 Å². The first-order valence-corrected chi connectivity index (χ1v) is 6.98. The molecule has 2 unspecified atom stereocenters. The molecule has 2 nitrogen and oxygen atoms in total. The zero-order valence-corrected chi connectivity index (χ0v) is 12.0. The van der Waals surface area contributed by atoms with Crippen LogP contribution in [0.15, 0.2) is 18.2 Å². The average Bonchev–Trinajstić information content (AvgIpc) is 2.27. The molecule has 1 heterocycles. The van der Waals surface area contributed by atoms with Crippen LogP contribution >= 0.6 is 0 Å². The van der Waals surface area contributed by atoms with Crippen LogP contribution in [0.3, 0.4) is 0 Å². The van der Waals surface area contributed by atoms with E-state index in [4.69, 9.17) is 4.74 Å². The zero-order valence-electron chi connectivity index (χ0n) is 12.0. The molecule has 0 amide bonds. The molecule has 0 bridgehead atoms. The molecule has 1 fully saturated rings. The van der Waals surface area contributed by atoms with Gasteiger partial charge in [-0.25, -0.2) is 0 Å². The number of aryl methyl sites for hydroxylation is 2. The quantitative estimate of drug-likeness (QED) is 0.884. The second-order valence-electron chi connectivity index (χ2n) is 5.98. The fourth-order valence-electron chi connectivity index (χ4n) is 2.75. The molecule has 1 aromatic carbocycles. The summed E-state index contributed by atoms with van der Waals surface area (Å²) in [5.41, 5.74) is 3.94. The highest BCUT2D eigenvalue weighted by molar-refractivity contribution is 5.30. The van der Waals surface area contributed by atoms with Crippen molar-refractivity contribution in [1.29, 1.82) is 0 Å². The van der Waals surface area contributed by atoms with Crippen molar-refractivity contribution >= 4 is 0 Å². The van der Waals surface area contributed by atoms with Crippen LogP contribution in [0.25, 0.3) is 0 Å². The molecule has 2 atom stereocenters. The summed E-state index contributed by atoms with van der Waals surface area (Å²) in [4.78, 5) is 0. The minimum atomic E-state index is 0.215. The Bertz CT molecular complexity index is 372. The van der Waals surface area contributed by atoms with Gasteiger partial charge in [0.05, 0.1) is 12.7 Å². The van der Waals surface area contributed by atoms with Crippen molar-refractivity contribution < 1.29 is 4.74 Å². The SMILES string of the molecule is Cc1cc(C)cc(C2CNC(CC(C)C)CO2)c1. The van der Waals surface area contributed by atoms with Crippen molar-refractivity contribution in [2.24, 2.45) is 5.92 Å². The van der Waals surface area contributed by atoms with E-state index in [9.17, 15) is 0 Å². The zero-order chi connectivity index (χ0) is 13.1. The van der Waals surface area contributed by atoms with Crippen LogP contribution in [0.5, 0.6) is 0 Å². The lowest BCUT2D eigenvalue weighted by molar-refractivity contribution is -0.00135. The fraction of sp³-hybridized carbons (Fsp3) is 0.625. The van der Waals surface area contributed by atoms with E-state index < -0.39 is 0 Å². The van der Waals surface area contributed by atoms with E-state index in [1.165, 1.54) is 23.1 Å². The van der Waals surface area contributed by atoms with E-state index in [0.29, 0.717) is 6.04 Å². The maximum absolute atomic E-state index is 6.02. The van der Waals surface area contributed by atoms with E-state index in [1.54, 1.807) is 0 Å². The molecule has 1 N–H and O–H groups in total. The lowest BCUT2D eigenvalue weighted by Gasteiger charge is -2.31. The van der Waals surface area contributed by atoms with E-state index >= 15 is 0 Å². The largest absolute Gasteiger partial charge is 0.371 e. The number of rotatable bonds is 3. The molecule has 1 aliphatic rings. The fourth-order valence-corrected chi connectivity index (χ4v) is 2.75. The third kappa shape index (κ3) is 3.56. The average molecular weight is 247 g/mol. The van der Waals surface area contributed by atoms with Crippen LogP contribution in [0.2, 0.25) is 0 Å². The number of hydrogen-bond donors (Lipinski definition) is 1. The Morgan fingerprint density at radius 1 is 1.22 bits per heavy atom. The van der Waals surface area contributed by atoms with Crippen LogP contribution in [0, 0.1) is 19.8 Å². The van der Waals surface area contributed by atoms with Crippen molar-refractivity contribution in [2.75, 3.05) is 13.2 Å². The van der Waals surface area contributed by atoms with Crippen molar-refractivity contribution in [3.05, 3.63) is 34.9 Å².